The van der Waals surface area contributed by atoms with Crippen LogP contribution in [0.5, 0.6) is 0 Å². The molecule has 0 bridgehead atoms. The Morgan fingerprint density at radius 3 is 2.71 bits per heavy atom. The molecule has 0 saturated carbocycles. The zero-order valence-electron chi connectivity index (χ0n) is 13.2. The average molecular weight is 344 g/mol. The molecule has 24 heavy (non-hydrogen) atoms. The maximum Gasteiger partial charge on any atom is 0.277 e. The predicted octanol–water partition coefficient (Wildman–Crippen LogP) is 2.20. The van der Waals surface area contributed by atoms with Crippen molar-refractivity contribution in [1.82, 2.24) is 19.6 Å². The number of hydrogen-bond acceptors (Lipinski definition) is 5. The molecule has 3 aromatic rings. The van der Waals surface area contributed by atoms with Crippen LogP contribution >= 0.6 is 11.3 Å². The predicted molar refractivity (Wildman–Crippen MR) is 91.3 cm³/mol. The third kappa shape index (κ3) is 3.35. The summed E-state index contributed by atoms with van der Waals surface area (Å²) >= 11 is 1.34. The SMILES string of the molecule is CCn1ccc(NC(=O)c2cc(NC(=O)c3cccs3)n(C)n2)n1. The van der Waals surface area contributed by atoms with Gasteiger partial charge in [0.2, 0.25) is 0 Å². The Hall–Kier alpha value is -2.94. The van der Waals surface area contributed by atoms with Crippen LogP contribution in [0.2, 0.25) is 0 Å². The number of carbonyl (C=O) groups excluding carboxylic acids is 2. The number of hydrogen-bond donors (Lipinski definition) is 2. The molecule has 0 aromatic carbocycles. The van der Waals surface area contributed by atoms with Gasteiger partial charge >= 0.3 is 0 Å². The molecule has 0 atom stereocenters. The molecular formula is C15H16N6O2S. The van der Waals surface area contributed by atoms with Gasteiger partial charge in [-0.25, -0.2) is 0 Å². The lowest BCUT2D eigenvalue weighted by molar-refractivity contribution is 0.101. The fraction of sp³-hybridized carbons (Fsp3) is 0.200. The van der Waals surface area contributed by atoms with Crippen molar-refractivity contribution < 1.29 is 9.59 Å². The van der Waals surface area contributed by atoms with E-state index in [4.69, 9.17) is 0 Å². The minimum Gasteiger partial charge on any atom is -0.306 e. The van der Waals surface area contributed by atoms with E-state index >= 15 is 0 Å². The monoisotopic (exact) mass is 344 g/mol. The van der Waals surface area contributed by atoms with Crippen LogP contribution in [0.4, 0.5) is 11.6 Å². The molecule has 3 rings (SSSR count). The highest BCUT2D eigenvalue weighted by atomic mass is 32.1. The van der Waals surface area contributed by atoms with Gasteiger partial charge in [0.1, 0.15) is 5.82 Å². The number of thiophene rings is 1. The lowest BCUT2D eigenvalue weighted by Crippen LogP contribution is -2.13. The van der Waals surface area contributed by atoms with Crippen LogP contribution in [0.1, 0.15) is 27.1 Å². The molecule has 3 heterocycles. The fourth-order valence-electron chi connectivity index (χ4n) is 2.07. The van der Waals surface area contributed by atoms with Gasteiger partial charge in [0.15, 0.2) is 11.5 Å². The van der Waals surface area contributed by atoms with Crippen molar-refractivity contribution in [3.05, 3.63) is 46.4 Å². The lowest BCUT2D eigenvalue weighted by atomic mass is 10.4. The summed E-state index contributed by atoms with van der Waals surface area (Å²) in [4.78, 5) is 24.9. The van der Waals surface area contributed by atoms with Crippen molar-refractivity contribution in [3.63, 3.8) is 0 Å². The van der Waals surface area contributed by atoms with Crippen LogP contribution in [-0.2, 0) is 13.6 Å². The third-order valence-corrected chi connectivity index (χ3v) is 4.17. The summed E-state index contributed by atoms with van der Waals surface area (Å²) < 4.78 is 3.16. The number of nitrogens with one attached hydrogen (secondary N) is 2. The molecule has 0 spiro atoms. The Morgan fingerprint density at radius 1 is 1.21 bits per heavy atom. The number of aryl methyl sites for hydroxylation is 2. The first-order chi connectivity index (χ1) is 11.6. The summed E-state index contributed by atoms with van der Waals surface area (Å²) in [5, 5.41) is 15.6. The molecule has 0 aliphatic rings. The van der Waals surface area contributed by atoms with E-state index in [0.717, 1.165) is 6.54 Å². The van der Waals surface area contributed by atoms with Gasteiger partial charge in [-0.05, 0) is 18.4 Å². The standard InChI is InChI=1S/C15H16N6O2S/c1-3-21-7-6-12(19-21)16-14(22)10-9-13(20(2)18-10)17-15(23)11-5-4-8-24-11/h4-9H,3H2,1-2H3,(H,17,23)(H,16,19,22). The van der Waals surface area contributed by atoms with Gasteiger partial charge in [0.25, 0.3) is 11.8 Å². The van der Waals surface area contributed by atoms with E-state index in [9.17, 15) is 9.59 Å². The number of carbonyl (C=O) groups is 2. The summed E-state index contributed by atoms with van der Waals surface area (Å²) in [5.74, 6) is 0.277. The summed E-state index contributed by atoms with van der Waals surface area (Å²) in [6, 6.07) is 6.77. The Kier molecular flexibility index (Phi) is 4.43. The number of nitrogens with zero attached hydrogens (tertiary/aromatic N) is 4. The molecule has 2 amide bonds. The molecule has 8 nitrogen and oxygen atoms in total. The second-order valence-corrected chi connectivity index (χ2v) is 5.93. The van der Waals surface area contributed by atoms with Gasteiger partial charge in [-0.15, -0.1) is 11.3 Å². The molecule has 0 saturated heterocycles. The summed E-state index contributed by atoms with van der Waals surface area (Å²) in [6.45, 7) is 2.68. The van der Waals surface area contributed by atoms with Crippen molar-refractivity contribution >= 4 is 34.8 Å². The quantitative estimate of drug-likeness (QED) is 0.742. The van der Waals surface area contributed by atoms with Crippen LogP contribution in [0.3, 0.4) is 0 Å². The van der Waals surface area contributed by atoms with Crippen LogP contribution in [0.25, 0.3) is 0 Å². The second-order valence-electron chi connectivity index (χ2n) is 4.98. The van der Waals surface area contributed by atoms with Gasteiger partial charge < -0.3 is 10.6 Å². The summed E-state index contributed by atoms with van der Waals surface area (Å²) in [6.07, 6.45) is 1.78. The van der Waals surface area contributed by atoms with E-state index in [1.54, 1.807) is 36.1 Å². The van der Waals surface area contributed by atoms with E-state index in [1.165, 1.54) is 22.1 Å². The molecule has 3 aromatic heterocycles. The van der Waals surface area contributed by atoms with Crippen molar-refractivity contribution in [2.45, 2.75) is 13.5 Å². The molecular weight excluding hydrogens is 328 g/mol. The highest BCUT2D eigenvalue weighted by Gasteiger charge is 2.16. The molecule has 9 heteroatoms. The average Bonchev–Trinajstić information content (AvgIpc) is 3.29. The first kappa shape index (κ1) is 15.9. The largest absolute Gasteiger partial charge is 0.306 e. The van der Waals surface area contributed by atoms with Gasteiger partial charge in [-0.2, -0.15) is 10.2 Å². The van der Waals surface area contributed by atoms with Crippen molar-refractivity contribution in [2.24, 2.45) is 7.05 Å². The van der Waals surface area contributed by atoms with Gasteiger partial charge in [-0.1, -0.05) is 6.07 Å². The number of aromatic nitrogens is 4. The molecule has 0 fully saturated rings. The zero-order valence-corrected chi connectivity index (χ0v) is 14.0. The maximum absolute atomic E-state index is 12.2. The van der Waals surface area contributed by atoms with Crippen LogP contribution in [0, 0.1) is 0 Å². The van der Waals surface area contributed by atoms with Crippen molar-refractivity contribution in [3.8, 4) is 0 Å². The van der Waals surface area contributed by atoms with Crippen LogP contribution in [0.15, 0.2) is 35.8 Å². The fourth-order valence-corrected chi connectivity index (χ4v) is 2.68. The molecule has 124 valence electrons. The van der Waals surface area contributed by atoms with Crippen LogP contribution < -0.4 is 10.6 Å². The highest BCUT2D eigenvalue weighted by Crippen LogP contribution is 2.15. The summed E-state index contributed by atoms with van der Waals surface area (Å²) in [7, 11) is 1.66. The van der Waals surface area contributed by atoms with Crippen molar-refractivity contribution in [1.29, 1.82) is 0 Å². The maximum atomic E-state index is 12.2. The third-order valence-electron chi connectivity index (χ3n) is 3.31. The number of anilines is 2. The molecule has 0 unspecified atom stereocenters. The Balaban J connectivity index is 1.70. The topological polar surface area (TPSA) is 93.8 Å². The number of rotatable bonds is 5. The van der Waals surface area contributed by atoms with Crippen LogP contribution in [-0.4, -0.2) is 31.4 Å². The van der Waals surface area contributed by atoms with E-state index in [2.05, 4.69) is 20.8 Å². The van der Waals surface area contributed by atoms with Gasteiger partial charge in [0.05, 0.1) is 4.88 Å². The molecule has 2 N–H and O–H groups in total. The van der Waals surface area contributed by atoms with Crippen molar-refractivity contribution in [2.75, 3.05) is 10.6 Å². The Labute approximate surface area is 142 Å². The Bertz CT molecular complexity index is 865. The lowest BCUT2D eigenvalue weighted by Gasteiger charge is -2.02. The van der Waals surface area contributed by atoms with Gasteiger partial charge in [-0.3, -0.25) is 19.0 Å². The van der Waals surface area contributed by atoms with Gasteiger partial charge in [0, 0.05) is 31.9 Å². The highest BCUT2D eigenvalue weighted by molar-refractivity contribution is 7.12. The first-order valence-electron chi connectivity index (χ1n) is 7.30. The smallest absolute Gasteiger partial charge is 0.277 e. The van der Waals surface area contributed by atoms with E-state index in [-0.39, 0.29) is 17.5 Å². The second kappa shape index (κ2) is 6.67. The minimum atomic E-state index is -0.386. The minimum absolute atomic E-state index is 0.199. The van der Waals surface area contributed by atoms with E-state index in [0.29, 0.717) is 16.5 Å². The molecule has 0 radical (unpaired) electrons. The first-order valence-corrected chi connectivity index (χ1v) is 8.18. The number of amides is 2. The summed E-state index contributed by atoms with van der Waals surface area (Å²) in [5.41, 5.74) is 0.199. The molecule has 0 aliphatic carbocycles. The normalized spacial score (nSPS) is 10.6. The Morgan fingerprint density at radius 2 is 2.04 bits per heavy atom. The molecule has 0 aliphatic heterocycles. The van der Waals surface area contributed by atoms with E-state index < -0.39 is 0 Å². The van der Waals surface area contributed by atoms with E-state index in [1.807, 2.05) is 12.3 Å². The zero-order chi connectivity index (χ0) is 17.1.